The van der Waals surface area contributed by atoms with Crippen LogP contribution in [0.15, 0.2) is 207 Å². The van der Waals surface area contributed by atoms with E-state index >= 15 is 0 Å². The maximum atomic E-state index is 6.67. The Kier molecular flexibility index (Phi) is 12.7. The molecule has 0 saturated carbocycles. The molecule has 14 rings (SSSR count). The van der Waals surface area contributed by atoms with E-state index in [1.807, 2.05) is 48.5 Å². The predicted molar refractivity (Wildman–Crippen MR) is 339 cm³/mol. The van der Waals surface area contributed by atoms with Gasteiger partial charge in [0.1, 0.15) is 23.0 Å². The first kappa shape index (κ1) is 52.8. The third-order valence-electron chi connectivity index (χ3n) is 17.7. The van der Waals surface area contributed by atoms with E-state index in [1.54, 1.807) is 12.4 Å². The first-order valence-electron chi connectivity index (χ1n) is 29.6. The summed E-state index contributed by atoms with van der Waals surface area (Å²) >= 11 is 0. The fraction of sp³-hybridized carbons (Fsp3) is 0.243. The van der Waals surface area contributed by atoms with E-state index in [1.165, 1.54) is 45.8 Å². The molecule has 0 radical (unpaired) electrons. The van der Waals surface area contributed by atoms with Crippen LogP contribution in [-0.4, -0.2) is 41.3 Å². The van der Waals surface area contributed by atoms with Crippen molar-refractivity contribution in [1.29, 1.82) is 0 Å². The molecule has 8 aromatic carbocycles. The number of aromatic nitrogens is 6. The van der Waals surface area contributed by atoms with Gasteiger partial charge in [-0.2, -0.15) is 0 Å². The highest BCUT2D eigenvalue weighted by Gasteiger charge is 2.44. The smallest absolute Gasteiger partial charge is 0.269 e. The third-order valence-corrected chi connectivity index (χ3v) is 17.7. The number of ether oxygens (including phenoxy) is 2. The molecule has 418 valence electrons. The number of rotatable bonds is 11. The van der Waals surface area contributed by atoms with Crippen molar-refractivity contribution in [3.63, 3.8) is 0 Å². The summed E-state index contributed by atoms with van der Waals surface area (Å²) in [5.41, 5.74) is 11.8. The Balaban J connectivity index is 0.749. The minimum Gasteiger partial charge on any atom is -0.458 e. The Morgan fingerprint density at radius 1 is 0.369 bits per heavy atom. The van der Waals surface area contributed by atoms with Crippen LogP contribution in [0.1, 0.15) is 93.9 Å². The zero-order valence-electron chi connectivity index (χ0n) is 49.3. The van der Waals surface area contributed by atoms with Crippen LogP contribution in [0.4, 0.5) is 11.4 Å². The van der Waals surface area contributed by atoms with Gasteiger partial charge in [0.2, 0.25) is 0 Å². The number of fused-ring (bicyclic) bond motifs is 4. The quantitative estimate of drug-likeness (QED) is 0.0950. The van der Waals surface area contributed by atoms with Gasteiger partial charge in [0, 0.05) is 46.7 Å². The second-order valence-corrected chi connectivity index (χ2v) is 25.5. The van der Waals surface area contributed by atoms with E-state index in [-0.39, 0.29) is 22.2 Å². The maximum Gasteiger partial charge on any atom is 0.269 e. The van der Waals surface area contributed by atoms with E-state index in [2.05, 4.69) is 242 Å². The van der Waals surface area contributed by atoms with E-state index in [0.717, 1.165) is 70.5 Å². The third kappa shape index (κ3) is 9.47. The molecule has 2 aliphatic heterocycles. The number of benzene rings is 8. The Morgan fingerprint density at radius 3 is 1.11 bits per heavy atom. The van der Waals surface area contributed by atoms with Gasteiger partial charge >= 0.3 is 0 Å². The monoisotopic (exact) mass is 1100 g/mol. The zero-order valence-corrected chi connectivity index (χ0v) is 49.3. The standard InChI is InChI=1S/C74H70N8O2/c1-71(2)35-19-36-72(3,4)81(71)69-43-53-23-11-9-21-51(53)41-67(69)79-49-77(63-29-13-15-31-65(63)79)55-25-17-27-57(45-55)83-59-33-39-75-61(47-59)62-48-60(34-40-76-62)84-58-28-18-26-56(46-58)78-50-80(66-32-16-14-30-64(66)78)68-42-52-22-10-12-24-54(52)44-70(68)82-73(5,6)37-20-38-74(82,7)8/h9-18,21-34,39-48H,19-20,35-38H2,1-8H3. The summed E-state index contributed by atoms with van der Waals surface area (Å²) in [5, 5.41) is 4.83. The molecule has 12 aromatic rings. The number of para-hydroxylation sites is 4. The Hall–Kier alpha value is -9.28. The van der Waals surface area contributed by atoms with Crippen LogP contribution in [0.5, 0.6) is 23.0 Å². The molecule has 4 aromatic heterocycles. The van der Waals surface area contributed by atoms with E-state index in [4.69, 9.17) is 19.4 Å². The molecular weight excluding hydrogens is 1030 g/mol. The van der Waals surface area contributed by atoms with E-state index in [9.17, 15) is 0 Å². The molecule has 0 unspecified atom stereocenters. The van der Waals surface area contributed by atoms with Crippen LogP contribution >= 0.6 is 0 Å². The van der Waals surface area contributed by atoms with Crippen LogP contribution in [0.25, 0.3) is 77.7 Å². The highest BCUT2D eigenvalue weighted by molar-refractivity contribution is 5.93. The molecule has 0 spiro atoms. The van der Waals surface area contributed by atoms with Crippen molar-refractivity contribution in [1.82, 2.24) is 19.1 Å². The molecule has 0 atom stereocenters. The van der Waals surface area contributed by atoms with Gasteiger partial charge in [-0.15, -0.1) is 0 Å². The van der Waals surface area contributed by atoms with Crippen LogP contribution in [0.2, 0.25) is 0 Å². The SMILES string of the molecule is CC1(C)CCCC(C)(C)N1c1cc2ccccc2cc1-n1[c-][n+](-c2cccc(Oc3ccnc(-c4cc(Oc5cccc(-[n+]6[c-]n(-c7cc8ccccc8cc7N7C(C)(C)CCCC7(C)C)c7ccccc76)c5)ccn4)c3)c2)c2ccccc21. The van der Waals surface area contributed by atoms with Crippen molar-refractivity contribution in [2.24, 2.45) is 0 Å². The molecule has 10 heteroatoms. The van der Waals surface area contributed by atoms with Gasteiger partial charge in [-0.05, 0) is 188 Å². The summed E-state index contributed by atoms with van der Waals surface area (Å²) in [6.45, 7) is 19.1. The van der Waals surface area contributed by atoms with Gasteiger partial charge in [-0.3, -0.25) is 28.2 Å². The van der Waals surface area contributed by atoms with E-state index in [0.29, 0.717) is 34.4 Å². The normalized spacial score (nSPS) is 16.4. The number of pyridine rings is 2. The second kappa shape index (κ2) is 20.3. The molecule has 2 aliphatic rings. The van der Waals surface area contributed by atoms with Crippen LogP contribution in [-0.2, 0) is 0 Å². The molecule has 2 saturated heterocycles. The van der Waals surface area contributed by atoms with Crippen molar-refractivity contribution in [3.05, 3.63) is 219 Å². The Morgan fingerprint density at radius 2 is 0.714 bits per heavy atom. The van der Waals surface area contributed by atoms with Gasteiger partial charge in [-0.25, -0.2) is 0 Å². The molecule has 0 aliphatic carbocycles. The number of hydrogen-bond acceptors (Lipinski definition) is 6. The number of imidazole rings is 2. The van der Waals surface area contributed by atoms with Gasteiger partial charge < -0.3 is 19.3 Å². The number of hydrogen-bond donors (Lipinski definition) is 0. The van der Waals surface area contributed by atoms with Crippen molar-refractivity contribution in [2.45, 2.75) is 116 Å². The average molecular weight is 1100 g/mol. The van der Waals surface area contributed by atoms with E-state index < -0.39 is 0 Å². The summed E-state index contributed by atoms with van der Waals surface area (Å²) in [7, 11) is 0. The minimum atomic E-state index is -0.0470. The summed E-state index contributed by atoms with van der Waals surface area (Å²) < 4.78 is 22.1. The van der Waals surface area contributed by atoms with Gasteiger partial charge in [0.05, 0.1) is 67.6 Å². The maximum absolute atomic E-state index is 6.67. The minimum absolute atomic E-state index is 0.0470. The molecule has 0 bridgehead atoms. The highest BCUT2D eigenvalue weighted by Crippen LogP contribution is 2.48. The molecule has 0 N–H and O–H groups in total. The molecule has 10 nitrogen and oxygen atoms in total. The lowest BCUT2D eigenvalue weighted by molar-refractivity contribution is -0.572. The first-order valence-corrected chi connectivity index (χ1v) is 29.6. The second-order valence-electron chi connectivity index (χ2n) is 25.5. The van der Waals surface area contributed by atoms with Crippen molar-refractivity contribution >= 4 is 55.0 Å². The summed E-state index contributed by atoms with van der Waals surface area (Å²) in [4.78, 5) is 14.9. The van der Waals surface area contributed by atoms with Crippen molar-refractivity contribution < 1.29 is 18.6 Å². The van der Waals surface area contributed by atoms with Gasteiger partial charge in [0.25, 0.3) is 12.7 Å². The van der Waals surface area contributed by atoms with Gasteiger partial charge in [0.15, 0.2) is 0 Å². The van der Waals surface area contributed by atoms with Crippen LogP contribution in [0.3, 0.4) is 0 Å². The largest absolute Gasteiger partial charge is 0.458 e. The lowest BCUT2D eigenvalue weighted by Gasteiger charge is -2.55. The average Bonchev–Trinajstić information content (AvgIpc) is 2.91. The van der Waals surface area contributed by atoms with Crippen molar-refractivity contribution in [2.75, 3.05) is 9.80 Å². The van der Waals surface area contributed by atoms with Crippen molar-refractivity contribution in [3.8, 4) is 57.1 Å². The lowest BCUT2D eigenvalue weighted by atomic mass is 9.79. The molecule has 0 amide bonds. The Labute approximate surface area is 492 Å². The molecule has 2 fully saturated rings. The highest BCUT2D eigenvalue weighted by atomic mass is 16.5. The fourth-order valence-electron chi connectivity index (χ4n) is 14.2. The van der Waals surface area contributed by atoms with Gasteiger partial charge in [-0.1, -0.05) is 109 Å². The Bertz CT molecular complexity index is 4190. The number of piperidine rings is 2. The van der Waals surface area contributed by atoms with Crippen LogP contribution < -0.4 is 28.4 Å². The summed E-state index contributed by atoms with van der Waals surface area (Å²) in [6, 6.07) is 67.9. The first-order chi connectivity index (χ1) is 40.6. The lowest BCUT2D eigenvalue weighted by Crippen LogP contribution is -2.59. The molecule has 84 heavy (non-hydrogen) atoms. The number of nitrogens with zero attached hydrogens (tertiary/aromatic N) is 8. The fourth-order valence-corrected chi connectivity index (χ4v) is 14.2. The summed E-state index contributed by atoms with van der Waals surface area (Å²) in [5.74, 6) is 2.63. The molecular formula is C74H70N8O2. The topological polar surface area (TPSA) is 68.3 Å². The predicted octanol–water partition coefficient (Wildman–Crippen LogP) is 17.2. The zero-order chi connectivity index (χ0) is 57.5. The molecule has 6 heterocycles. The number of anilines is 2. The van der Waals surface area contributed by atoms with Crippen LogP contribution in [0, 0.1) is 12.7 Å². The summed E-state index contributed by atoms with van der Waals surface area (Å²) in [6.07, 6.45) is 18.1.